The van der Waals surface area contributed by atoms with Gasteiger partial charge in [0, 0.05) is 19.4 Å². The van der Waals surface area contributed by atoms with Crippen LogP contribution in [0.2, 0.25) is 0 Å². The van der Waals surface area contributed by atoms with Crippen molar-refractivity contribution in [2.24, 2.45) is 52.3 Å². The summed E-state index contributed by atoms with van der Waals surface area (Å²) in [6.45, 7) is 9.96. The number of aliphatic hydroxyl groups excluding tert-OH is 10. The van der Waals surface area contributed by atoms with Crippen LogP contribution >= 0.6 is 0 Å². The molecule has 4 aliphatic carbocycles. The van der Waals surface area contributed by atoms with Crippen molar-refractivity contribution < 1.29 is 89.0 Å². The lowest BCUT2D eigenvalue weighted by Crippen LogP contribution is -2.64. The highest BCUT2D eigenvalue weighted by atomic mass is 16.7. The molecule has 0 bridgehead atoms. The summed E-state index contributed by atoms with van der Waals surface area (Å²) in [6.07, 6.45) is -10.9. The molecule has 4 aliphatic heterocycles. The average molecular weight is 919 g/mol. The molecule has 0 radical (unpaired) electrons. The van der Waals surface area contributed by atoms with Gasteiger partial charge >= 0.3 is 0 Å². The van der Waals surface area contributed by atoms with Crippen LogP contribution in [0.3, 0.4) is 0 Å². The standard InChI is InChI=1S/C46H78O18/c1-20(19-58-41-37(54)35(52)33(50)29(17-47)61-41)9-14-46(57-6)21(2)31-28(64-46)16-27-25-8-7-23-15-24(10-12-44(23,4)26(25)11-13-45(27,31)5)60-43-39(56)36(53)40(30(18-48)62-43)63-42-38(55)34(51)32(49)22(3)59-42/h20-43,47-56H,7-19H2,1-6H3. The van der Waals surface area contributed by atoms with Crippen molar-refractivity contribution in [2.75, 3.05) is 26.9 Å². The lowest BCUT2D eigenvalue weighted by atomic mass is 9.44. The summed E-state index contributed by atoms with van der Waals surface area (Å²) in [5.74, 6) is 1.89. The Kier molecular flexibility index (Phi) is 14.9. The molecule has 18 nitrogen and oxygen atoms in total. The molecule has 4 saturated carbocycles. The molecule has 370 valence electrons. The van der Waals surface area contributed by atoms with Gasteiger partial charge in [0.15, 0.2) is 24.7 Å². The maximum Gasteiger partial charge on any atom is 0.187 e. The van der Waals surface area contributed by atoms with E-state index >= 15 is 0 Å². The Morgan fingerprint density at radius 3 is 2.00 bits per heavy atom. The molecule has 8 rings (SSSR count). The molecular weight excluding hydrogens is 840 g/mol. The monoisotopic (exact) mass is 919 g/mol. The highest BCUT2D eigenvalue weighted by Gasteiger charge is 2.69. The van der Waals surface area contributed by atoms with Crippen LogP contribution in [0.4, 0.5) is 0 Å². The minimum absolute atomic E-state index is 0.0392. The summed E-state index contributed by atoms with van der Waals surface area (Å²) >= 11 is 0. The summed E-state index contributed by atoms with van der Waals surface area (Å²) in [5, 5.41) is 104. The third-order valence-corrected chi connectivity index (χ3v) is 18.3. The van der Waals surface area contributed by atoms with Crippen LogP contribution in [0, 0.1) is 52.3 Å². The SMILES string of the molecule is COC1(CCC(C)COC2OC(CO)C(O)C(O)C2O)OC2CC3C4CCC5CC(OC6OC(CO)C(OC7OC(C)C(O)C(O)C7O)C(O)C6O)CCC5(C)C4CCC3(C)C2C1C. The van der Waals surface area contributed by atoms with Crippen molar-refractivity contribution in [3.05, 3.63) is 0 Å². The summed E-state index contributed by atoms with van der Waals surface area (Å²) in [5.41, 5.74) is 0.222. The van der Waals surface area contributed by atoms with Crippen LogP contribution in [0.15, 0.2) is 0 Å². The van der Waals surface area contributed by atoms with E-state index in [1.165, 1.54) is 6.92 Å². The Bertz CT molecular complexity index is 1560. The van der Waals surface area contributed by atoms with Gasteiger partial charge in [0.1, 0.15) is 67.1 Å². The van der Waals surface area contributed by atoms with Gasteiger partial charge in [-0.25, -0.2) is 0 Å². The predicted octanol–water partition coefficient (Wildman–Crippen LogP) is -0.0975. The van der Waals surface area contributed by atoms with Gasteiger partial charge < -0.3 is 89.0 Å². The first-order chi connectivity index (χ1) is 30.3. The number of ether oxygens (including phenoxy) is 8. The van der Waals surface area contributed by atoms with Crippen LogP contribution in [0.1, 0.15) is 98.8 Å². The molecule has 27 atom stereocenters. The highest BCUT2D eigenvalue weighted by Crippen LogP contribution is 2.71. The maximum atomic E-state index is 11.2. The van der Waals surface area contributed by atoms with Gasteiger partial charge in [0.05, 0.1) is 38.1 Å². The van der Waals surface area contributed by atoms with Crippen LogP contribution in [0.25, 0.3) is 0 Å². The van der Waals surface area contributed by atoms with Gasteiger partial charge in [-0.15, -0.1) is 0 Å². The quantitative estimate of drug-likeness (QED) is 0.108. The van der Waals surface area contributed by atoms with E-state index in [0.29, 0.717) is 36.0 Å². The van der Waals surface area contributed by atoms with E-state index in [2.05, 4.69) is 20.8 Å². The Labute approximate surface area is 376 Å². The van der Waals surface area contributed by atoms with Gasteiger partial charge in [-0.3, -0.25) is 0 Å². The van der Waals surface area contributed by atoms with Gasteiger partial charge in [0.2, 0.25) is 0 Å². The Morgan fingerprint density at radius 2 is 1.30 bits per heavy atom. The maximum absolute atomic E-state index is 11.2. The van der Waals surface area contributed by atoms with Crippen molar-refractivity contribution >= 4 is 0 Å². The first kappa shape index (κ1) is 49.7. The molecule has 8 fully saturated rings. The third kappa shape index (κ3) is 8.56. The van der Waals surface area contributed by atoms with Crippen LogP contribution in [-0.4, -0.2) is 188 Å². The minimum Gasteiger partial charge on any atom is -0.394 e. The molecule has 0 amide bonds. The zero-order chi connectivity index (χ0) is 46.2. The second-order valence-electron chi connectivity index (χ2n) is 21.6. The summed E-state index contributed by atoms with van der Waals surface area (Å²) in [4.78, 5) is 0. The largest absolute Gasteiger partial charge is 0.394 e. The van der Waals surface area contributed by atoms with Gasteiger partial charge in [-0.1, -0.05) is 27.7 Å². The zero-order valence-corrected chi connectivity index (χ0v) is 38.3. The summed E-state index contributed by atoms with van der Waals surface area (Å²) in [6, 6.07) is 0. The fraction of sp³-hybridized carbons (Fsp3) is 1.00. The van der Waals surface area contributed by atoms with E-state index in [9.17, 15) is 51.1 Å². The van der Waals surface area contributed by atoms with Crippen molar-refractivity contribution in [3.8, 4) is 0 Å². The number of rotatable bonds is 13. The minimum atomic E-state index is -1.63. The van der Waals surface area contributed by atoms with Crippen molar-refractivity contribution in [1.29, 1.82) is 0 Å². The second-order valence-corrected chi connectivity index (χ2v) is 21.6. The smallest absolute Gasteiger partial charge is 0.187 e. The molecule has 27 unspecified atom stereocenters. The molecule has 64 heavy (non-hydrogen) atoms. The first-order valence-electron chi connectivity index (χ1n) is 24.1. The molecule has 0 aromatic heterocycles. The normalized spacial score (nSPS) is 55.6. The van der Waals surface area contributed by atoms with E-state index in [1.54, 1.807) is 7.11 Å². The van der Waals surface area contributed by atoms with E-state index < -0.39 is 111 Å². The fourth-order valence-corrected chi connectivity index (χ4v) is 14.4. The summed E-state index contributed by atoms with van der Waals surface area (Å²) < 4.78 is 48.5. The van der Waals surface area contributed by atoms with Crippen molar-refractivity contribution in [2.45, 2.75) is 209 Å². The average Bonchev–Trinajstić information content (AvgIpc) is 3.74. The van der Waals surface area contributed by atoms with Gasteiger partial charge in [-0.05, 0) is 111 Å². The molecule has 10 N–H and O–H groups in total. The van der Waals surface area contributed by atoms with Crippen LogP contribution in [-0.2, 0) is 37.9 Å². The lowest BCUT2D eigenvalue weighted by Gasteiger charge is -2.61. The zero-order valence-electron chi connectivity index (χ0n) is 38.3. The van der Waals surface area contributed by atoms with E-state index in [1.807, 2.05) is 6.92 Å². The molecule has 0 aromatic rings. The Morgan fingerprint density at radius 1 is 0.656 bits per heavy atom. The van der Waals surface area contributed by atoms with Crippen LogP contribution < -0.4 is 0 Å². The first-order valence-corrected chi connectivity index (χ1v) is 24.1. The Balaban J connectivity index is 0.847. The second kappa shape index (κ2) is 19.2. The molecule has 0 spiro atoms. The third-order valence-electron chi connectivity index (χ3n) is 18.3. The molecular formula is C46H78O18. The van der Waals surface area contributed by atoms with E-state index in [0.717, 1.165) is 57.8 Å². The highest BCUT2D eigenvalue weighted by molar-refractivity contribution is 5.15. The molecule has 4 saturated heterocycles. The molecule has 18 heteroatoms. The fourth-order valence-electron chi connectivity index (χ4n) is 14.4. The molecule has 4 heterocycles. The molecule has 0 aromatic carbocycles. The number of hydrogen-bond donors (Lipinski definition) is 10. The van der Waals surface area contributed by atoms with E-state index in [-0.39, 0.29) is 41.5 Å². The van der Waals surface area contributed by atoms with Gasteiger partial charge in [0.25, 0.3) is 0 Å². The number of hydrogen-bond acceptors (Lipinski definition) is 18. The summed E-state index contributed by atoms with van der Waals surface area (Å²) in [7, 11) is 1.74. The topological polar surface area (TPSA) is 276 Å². The predicted molar refractivity (Wildman–Crippen MR) is 222 cm³/mol. The Hall–Kier alpha value is -0.720. The molecule has 8 aliphatic rings. The number of aliphatic hydroxyl groups is 10. The van der Waals surface area contributed by atoms with E-state index in [4.69, 9.17) is 37.9 Å². The number of methoxy groups -OCH3 is 1. The van der Waals surface area contributed by atoms with Crippen LogP contribution in [0.5, 0.6) is 0 Å². The number of fused-ring (bicyclic) bond motifs is 7. The lowest BCUT2D eigenvalue weighted by molar-refractivity contribution is -0.361. The van der Waals surface area contributed by atoms with Crippen molar-refractivity contribution in [1.82, 2.24) is 0 Å². The van der Waals surface area contributed by atoms with Crippen molar-refractivity contribution in [3.63, 3.8) is 0 Å². The van der Waals surface area contributed by atoms with Gasteiger partial charge in [-0.2, -0.15) is 0 Å².